The number of nitrogens with one attached hydrogen (secondary N) is 1. The number of hydrogen-bond donors (Lipinski definition) is 1. The van der Waals surface area contributed by atoms with Crippen molar-refractivity contribution in [3.8, 4) is 0 Å². The molecule has 2 rings (SSSR count). The van der Waals surface area contributed by atoms with Crippen LogP contribution in [-0.4, -0.2) is 13.3 Å². The third-order valence-corrected chi connectivity index (χ3v) is 5.63. The Morgan fingerprint density at radius 1 is 1.30 bits per heavy atom. The number of rotatable bonds is 5. The van der Waals surface area contributed by atoms with Gasteiger partial charge in [-0.15, -0.1) is 11.3 Å². The highest BCUT2D eigenvalue weighted by Crippen LogP contribution is 2.36. The van der Waals surface area contributed by atoms with Gasteiger partial charge < -0.3 is 0 Å². The quantitative estimate of drug-likeness (QED) is 0.673. The molecular formula is C11H9ClN2O4S2. The first kappa shape index (κ1) is 14.9. The van der Waals surface area contributed by atoms with E-state index in [1.54, 1.807) is 24.3 Å². The monoisotopic (exact) mass is 332 g/mol. The molecule has 1 N–H and O–H groups in total. The lowest BCUT2D eigenvalue weighted by Gasteiger charge is -2.04. The zero-order valence-corrected chi connectivity index (χ0v) is 12.3. The van der Waals surface area contributed by atoms with Crippen molar-refractivity contribution in [3.63, 3.8) is 0 Å². The molecule has 0 aliphatic heterocycles. The first-order valence-corrected chi connectivity index (χ1v) is 8.05. The van der Waals surface area contributed by atoms with Gasteiger partial charge in [0.25, 0.3) is 15.7 Å². The standard InChI is InChI=1S/C11H9ClN2O4S2/c12-11-9(14(15)16)6-10(19-11)20(17,18)13-7-8-4-2-1-3-5-8/h1-6,13H,7H2. The number of thiophene rings is 1. The first-order chi connectivity index (χ1) is 9.40. The highest BCUT2D eigenvalue weighted by atomic mass is 35.5. The summed E-state index contributed by atoms with van der Waals surface area (Å²) in [5.74, 6) is 0. The lowest BCUT2D eigenvalue weighted by molar-refractivity contribution is -0.384. The van der Waals surface area contributed by atoms with Gasteiger partial charge in [-0.2, -0.15) is 0 Å². The highest BCUT2D eigenvalue weighted by Gasteiger charge is 2.24. The van der Waals surface area contributed by atoms with Crippen LogP contribution in [0.15, 0.2) is 40.6 Å². The molecule has 20 heavy (non-hydrogen) atoms. The van der Waals surface area contributed by atoms with E-state index in [9.17, 15) is 18.5 Å². The number of benzene rings is 1. The predicted molar refractivity (Wildman–Crippen MR) is 76.5 cm³/mol. The van der Waals surface area contributed by atoms with E-state index in [2.05, 4.69) is 4.72 Å². The van der Waals surface area contributed by atoms with E-state index < -0.39 is 20.6 Å². The predicted octanol–water partition coefficient (Wildman–Crippen LogP) is 2.79. The molecule has 0 aliphatic rings. The molecule has 1 heterocycles. The van der Waals surface area contributed by atoms with Gasteiger partial charge in [-0.3, -0.25) is 10.1 Å². The van der Waals surface area contributed by atoms with Crippen LogP contribution in [-0.2, 0) is 16.6 Å². The molecule has 6 nitrogen and oxygen atoms in total. The van der Waals surface area contributed by atoms with Gasteiger partial charge in [0.15, 0.2) is 4.34 Å². The summed E-state index contributed by atoms with van der Waals surface area (Å²) in [6, 6.07) is 9.90. The van der Waals surface area contributed by atoms with Crippen LogP contribution >= 0.6 is 22.9 Å². The van der Waals surface area contributed by atoms with E-state index >= 15 is 0 Å². The van der Waals surface area contributed by atoms with Crippen molar-refractivity contribution in [2.24, 2.45) is 0 Å². The van der Waals surface area contributed by atoms with E-state index in [-0.39, 0.29) is 15.1 Å². The fraction of sp³-hybridized carbons (Fsp3) is 0.0909. The summed E-state index contributed by atoms with van der Waals surface area (Å²) >= 11 is 6.31. The maximum absolute atomic E-state index is 12.0. The normalized spacial score (nSPS) is 11.4. The molecule has 1 aromatic carbocycles. The van der Waals surface area contributed by atoms with Crippen molar-refractivity contribution in [1.82, 2.24) is 4.72 Å². The molecular weight excluding hydrogens is 324 g/mol. The average Bonchev–Trinajstić information content (AvgIpc) is 2.81. The molecule has 0 aliphatic carbocycles. The Balaban J connectivity index is 2.18. The maximum atomic E-state index is 12.0. The maximum Gasteiger partial charge on any atom is 0.300 e. The lowest BCUT2D eigenvalue weighted by Crippen LogP contribution is -2.22. The molecule has 106 valence electrons. The minimum atomic E-state index is -3.81. The molecule has 0 bridgehead atoms. The summed E-state index contributed by atoms with van der Waals surface area (Å²) < 4.78 is 26.1. The van der Waals surface area contributed by atoms with Crippen LogP contribution in [0.2, 0.25) is 4.34 Å². The van der Waals surface area contributed by atoms with E-state index in [0.717, 1.165) is 11.6 Å². The summed E-state index contributed by atoms with van der Waals surface area (Å²) in [6.45, 7) is 0.104. The Morgan fingerprint density at radius 2 is 1.95 bits per heavy atom. The van der Waals surface area contributed by atoms with Crippen LogP contribution in [0, 0.1) is 10.1 Å². The van der Waals surface area contributed by atoms with Gasteiger partial charge in [-0.25, -0.2) is 13.1 Å². The first-order valence-electron chi connectivity index (χ1n) is 5.37. The molecule has 0 saturated heterocycles. The van der Waals surface area contributed by atoms with Gasteiger partial charge >= 0.3 is 0 Å². The largest absolute Gasteiger partial charge is 0.300 e. The number of hydrogen-bond acceptors (Lipinski definition) is 5. The van der Waals surface area contributed by atoms with Gasteiger partial charge in [-0.1, -0.05) is 41.9 Å². The minimum Gasteiger partial charge on any atom is -0.258 e. The third-order valence-electron chi connectivity index (χ3n) is 2.42. The smallest absolute Gasteiger partial charge is 0.258 e. The summed E-state index contributed by atoms with van der Waals surface area (Å²) in [4.78, 5) is 9.94. The minimum absolute atomic E-state index is 0.104. The highest BCUT2D eigenvalue weighted by molar-refractivity contribution is 7.91. The van der Waals surface area contributed by atoms with Gasteiger partial charge in [0.05, 0.1) is 4.92 Å². The number of nitro groups is 1. The van der Waals surface area contributed by atoms with E-state index in [1.807, 2.05) is 6.07 Å². The van der Waals surface area contributed by atoms with E-state index in [4.69, 9.17) is 11.6 Å². The molecule has 0 radical (unpaired) electrons. The SMILES string of the molecule is O=[N+]([O-])c1cc(S(=O)(=O)NCc2ccccc2)sc1Cl. The van der Waals surface area contributed by atoms with Gasteiger partial charge in [0, 0.05) is 12.6 Å². The molecule has 1 aromatic heterocycles. The van der Waals surface area contributed by atoms with E-state index in [0.29, 0.717) is 11.3 Å². The lowest BCUT2D eigenvalue weighted by atomic mass is 10.2. The summed E-state index contributed by atoms with van der Waals surface area (Å²) in [5.41, 5.74) is 0.380. The van der Waals surface area contributed by atoms with Crippen molar-refractivity contribution in [1.29, 1.82) is 0 Å². The number of nitrogens with zero attached hydrogens (tertiary/aromatic N) is 1. The molecule has 0 amide bonds. The number of halogens is 1. The Kier molecular flexibility index (Phi) is 4.39. The van der Waals surface area contributed by atoms with Crippen molar-refractivity contribution in [2.75, 3.05) is 0 Å². The van der Waals surface area contributed by atoms with Crippen LogP contribution in [0.1, 0.15) is 5.56 Å². The molecule has 0 fully saturated rings. The molecule has 0 unspecified atom stereocenters. The van der Waals surface area contributed by atoms with Crippen LogP contribution in [0.25, 0.3) is 0 Å². The fourth-order valence-corrected chi connectivity index (χ4v) is 4.17. The Bertz CT molecular complexity index is 728. The third kappa shape index (κ3) is 3.34. The van der Waals surface area contributed by atoms with Crippen molar-refractivity contribution in [3.05, 3.63) is 56.4 Å². The van der Waals surface area contributed by atoms with Gasteiger partial charge in [0.1, 0.15) is 4.21 Å². The average molecular weight is 333 g/mol. The van der Waals surface area contributed by atoms with Gasteiger partial charge in [0.2, 0.25) is 0 Å². The second-order valence-electron chi connectivity index (χ2n) is 3.79. The summed E-state index contributed by atoms with van der Waals surface area (Å²) in [5, 5.41) is 10.7. The summed E-state index contributed by atoms with van der Waals surface area (Å²) in [6.07, 6.45) is 0. The molecule has 0 spiro atoms. The fourth-order valence-electron chi connectivity index (χ4n) is 1.44. The van der Waals surface area contributed by atoms with E-state index in [1.165, 1.54) is 0 Å². The Labute approximate surface area is 124 Å². The van der Waals surface area contributed by atoms with Crippen LogP contribution in [0.3, 0.4) is 0 Å². The summed E-state index contributed by atoms with van der Waals surface area (Å²) in [7, 11) is -3.81. The van der Waals surface area contributed by atoms with Crippen LogP contribution in [0.4, 0.5) is 5.69 Å². The van der Waals surface area contributed by atoms with Gasteiger partial charge in [-0.05, 0) is 5.56 Å². The van der Waals surface area contributed by atoms with Crippen molar-refractivity contribution >= 4 is 38.6 Å². The Morgan fingerprint density at radius 3 is 2.50 bits per heavy atom. The zero-order valence-electron chi connectivity index (χ0n) is 9.95. The Hall–Kier alpha value is -1.48. The topological polar surface area (TPSA) is 89.3 Å². The second kappa shape index (κ2) is 5.88. The molecule has 0 saturated carbocycles. The van der Waals surface area contributed by atoms with Crippen molar-refractivity contribution < 1.29 is 13.3 Å². The van der Waals surface area contributed by atoms with Crippen LogP contribution in [0.5, 0.6) is 0 Å². The van der Waals surface area contributed by atoms with Crippen LogP contribution < -0.4 is 4.72 Å². The second-order valence-corrected chi connectivity index (χ2v) is 7.44. The molecule has 9 heteroatoms. The number of sulfonamides is 1. The zero-order chi connectivity index (χ0) is 14.8. The molecule has 2 aromatic rings. The van der Waals surface area contributed by atoms with Crippen molar-refractivity contribution in [2.45, 2.75) is 10.8 Å². The molecule has 0 atom stereocenters.